The van der Waals surface area contributed by atoms with Gasteiger partial charge in [0.05, 0.1) is 46.8 Å². The van der Waals surface area contributed by atoms with Gasteiger partial charge in [0.25, 0.3) is 0 Å². The van der Waals surface area contributed by atoms with Crippen molar-refractivity contribution in [3.05, 3.63) is 0 Å². The van der Waals surface area contributed by atoms with E-state index in [0.717, 1.165) is 83.5 Å². The van der Waals surface area contributed by atoms with Crippen molar-refractivity contribution in [2.75, 3.05) is 0 Å². The molecule has 382 valence electrons. The van der Waals surface area contributed by atoms with Crippen molar-refractivity contribution in [1.29, 1.82) is 0 Å². The second kappa shape index (κ2) is 21.4. The van der Waals surface area contributed by atoms with E-state index in [1.54, 1.807) is 0 Å². The summed E-state index contributed by atoms with van der Waals surface area (Å²) in [5.41, 5.74) is -1.55. The fourth-order valence-corrected chi connectivity index (χ4v) is 11.1. The van der Waals surface area contributed by atoms with Crippen LogP contribution in [-0.2, 0) is 76.3 Å². The average molecular weight is 959 g/mol. The van der Waals surface area contributed by atoms with Gasteiger partial charge in [-0.15, -0.1) is 0 Å². The summed E-state index contributed by atoms with van der Waals surface area (Å²) in [6, 6.07) is 0. The summed E-state index contributed by atoms with van der Waals surface area (Å²) in [6.45, 7) is 21.1. The van der Waals surface area contributed by atoms with Crippen molar-refractivity contribution in [2.24, 2.45) is 58.7 Å². The highest BCUT2D eigenvalue weighted by molar-refractivity contribution is 5.80. The zero-order chi connectivity index (χ0) is 50.0. The quantitative estimate of drug-likeness (QED) is 0.135. The molecule has 0 aromatic heterocycles. The molecule has 0 amide bonds. The molecular weight excluding hydrogens is 881 g/mol. The Morgan fingerprint density at radius 3 is 1.72 bits per heavy atom. The number of rotatable bonds is 12. The largest absolute Gasteiger partial charge is 0.458 e. The van der Waals surface area contributed by atoms with Gasteiger partial charge >= 0.3 is 47.8 Å². The molecule has 0 aromatic rings. The van der Waals surface area contributed by atoms with Crippen molar-refractivity contribution in [2.45, 2.75) is 220 Å². The number of carbonyl (C=O) groups excluding carboxylic acids is 8. The van der Waals surface area contributed by atoms with Crippen LogP contribution in [0.4, 0.5) is 0 Å². The van der Waals surface area contributed by atoms with Crippen molar-refractivity contribution in [3.63, 3.8) is 0 Å². The van der Waals surface area contributed by atoms with Gasteiger partial charge in [-0.3, -0.25) is 38.4 Å². The van der Waals surface area contributed by atoms with E-state index in [1.807, 2.05) is 76.2 Å². The summed E-state index contributed by atoms with van der Waals surface area (Å²) in [5, 5.41) is 0. The molecule has 18 unspecified atom stereocenters. The lowest BCUT2D eigenvalue weighted by molar-refractivity contribution is -0.183. The molecule has 0 aromatic carbocycles. The first-order valence-corrected chi connectivity index (χ1v) is 25.7. The number of hydrogen-bond donors (Lipinski definition) is 0. The Bertz CT molecular complexity index is 1920. The van der Waals surface area contributed by atoms with Gasteiger partial charge in [0.15, 0.2) is 0 Å². The van der Waals surface area contributed by atoms with Crippen LogP contribution in [0.1, 0.15) is 172 Å². The lowest BCUT2D eigenvalue weighted by Crippen LogP contribution is -2.48. The van der Waals surface area contributed by atoms with Crippen molar-refractivity contribution in [3.8, 4) is 0 Å². The van der Waals surface area contributed by atoms with Crippen LogP contribution >= 0.6 is 0 Å². The summed E-state index contributed by atoms with van der Waals surface area (Å²) >= 11 is 0. The van der Waals surface area contributed by atoms with Crippen molar-refractivity contribution < 1.29 is 76.3 Å². The van der Waals surface area contributed by atoms with Crippen LogP contribution in [0.25, 0.3) is 0 Å². The maximum Gasteiger partial charge on any atom is 0.312 e. The third-order valence-corrected chi connectivity index (χ3v) is 17.1. The maximum absolute atomic E-state index is 12.0. The highest BCUT2D eigenvalue weighted by Gasteiger charge is 2.69. The summed E-state index contributed by atoms with van der Waals surface area (Å²) in [7, 11) is 0. The Balaban J connectivity index is 0.000000149. The molecule has 0 spiro atoms. The fraction of sp³-hybridized carbons (Fsp3) is 0.846. The molecule has 0 N–H and O–H groups in total. The van der Waals surface area contributed by atoms with Crippen LogP contribution in [0.5, 0.6) is 0 Å². The van der Waals surface area contributed by atoms with Gasteiger partial charge in [0, 0.05) is 31.1 Å². The van der Waals surface area contributed by atoms with Gasteiger partial charge in [-0.25, -0.2) is 0 Å². The number of hydrogen-bond acceptors (Lipinski definition) is 16. The fourth-order valence-electron chi connectivity index (χ4n) is 11.1. The molecule has 8 bridgehead atoms. The first-order chi connectivity index (χ1) is 32.0. The van der Waals surface area contributed by atoms with E-state index in [0.29, 0.717) is 12.8 Å². The van der Waals surface area contributed by atoms with Gasteiger partial charge in [-0.05, 0) is 97.8 Å². The number of carbonyl (C=O) groups is 8. The zero-order valence-corrected chi connectivity index (χ0v) is 42.3. The summed E-state index contributed by atoms with van der Waals surface area (Å²) in [5.74, 6) is -0.804. The van der Waals surface area contributed by atoms with Crippen LogP contribution in [0, 0.1) is 58.7 Å². The molecule has 16 heteroatoms. The predicted molar refractivity (Wildman–Crippen MR) is 242 cm³/mol. The van der Waals surface area contributed by atoms with Crippen LogP contribution in [0.15, 0.2) is 0 Å². The summed E-state index contributed by atoms with van der Waals surface area (Å²) in [4.78, 5) is 93.3. The molecule has 5 aliphatic carbocycles. The number of ether oxygens (including phenoxy) is 8. The molecule has 4 heterocycles. The molecule has 9 fully saturated rings. The van der Waals surface area contributed by atoms with Crippen molar-refractivity contribution >= 4 is 47.8 Å². The minimum Gasteiger partial charge on any atom is -0.458 e. The Morgan fingerprint density at radius 2 is 1.12 bits per heavy atom. The summed E-state index contributed by atoms with van der Waals surface area (Å²) < 4.78 is 43.4. The van der Waals surface area contributed by atoms with Gasteiger partial charge in [-0.1, -0.05) is 55.4 Å². The lowest BCUT2D eigenvalue weighted by atomic mass is 9.76. The molecule has 68 heavy (non-hydrogen) atoms. The number of fused-ring (bicyclic) bond motifs is 7. The molecule has 18 atom stereocenters. The van der Waals surface area contributed by atoms with E-state index in [4.69, 9.17) is 37.9 Å². The maximum atomic E-state index is 12.0. The standard InChI is InChI=1S/C14H20O4.2C13H20O4.C12H18O4/c1-4-7(2)12(15)18-14(3)8-5-9-10(6-8)13(16)17-11(9)14;1-4-8(2)11(14)16-9-5-6-13(3)7-10(9)17-12(13)15;1-4-8(2)11(14)17-13(3)6-5-9-7-10(13)16-12(9)15;1-3-7(2)11(13)15-9-5-4-8-6-10(9)16-12(8)14/h7-11H,4-6H2,1-3H3;2*8-10H,4-7H2,1-3H3;7-10H,3-6H2,1-2H3. The molecule has 5 saturated carbocycles. The van der Waals surface area contributed by atoms with E-state index in [9.17, 15) is 38.4 Å². The first-order valence-electron chi connectivity index (χ1n) is 25.7. The molecule has 9 rings (SSSR count). The Labute approximate surface area is 402 Å². The predicted octanol–water partition coefficient (Wildman–Crippen LogP) is 7.71. The molecular formula is C52H78O16. The minimum atomic E-state index is -0.622. The minimum absolute atomic E-state index is 0.0235. The topological polar surface area (TPSA) is 210 Å². The third-order valence-electron chi connectivity index (χ3n) is 17.1. The van der Waals surface area contributed by atoms with Crippen LogP contribution in [0.2, 0.25) is 0 Å². The highest BCUT2D eigenvalue weighted by Crippen LogP contribution is 2.60. The first kappa shape index (κ1) is 53.1. The SMILES string of the molecule is CCC(C)C(=O)OC1(C)C2CC3C(=O)OC1C3C2.CCC(C)C(=O)OC1(C)CCC2CC1OC2=O.CCC(C)C(=O)OC1CCC2(C)CC1OC2=O.CCC(C)C(=O)OC1CCC2CC1OC2=O. The van der Waals surface area contributed by atoms with E-state index in [1.165, 1.54) is 0 Å². The van der Waals surface area contributed by atoms with Gasteiger partial charge in [0.1, 0.15) is 47.8 Å². The normalized spacial score (nSPS) is 39.0. The van der Waals surface area contributed by atoms with Crippen LogP contribution in [-0.4, -0.2) is 95.6 Å². The van der Waals surface area contributed by atoms with E-state index in [-0.39, 0.29) is 143 Å². The van der Waals surface area contributed by atoms with Crippen LogP contribution in [0.3, 0.4) is 0 Å². The Morgan fingerprint density at radius 1 is 0.574 bits per heavy atom. The van der Waals surface area contributed by atoms with Gasteiger partial charge in [-0.2, -0.15) is 0 Å². The van der Waals surface area contributed by atoms with E-state index < -0.39 is 11.2 Å². The van der Waals surface area contributed by atoms with E-state index in [2.05, 4.69) is 0 Å². The van der Waals surface area contributed by atoms with Crippen molar-refractivity contribution in [1.82, 2.24) is 0 Å². The highest BCUT2D eigenvalue weighted by atomic mass is 16.6. The molecule has 9 aliphatic rings. The molecule has 4 aliphatic heterocycles. The Kier molecular flexibility index (Phi) is 16.7. The average Bonchev–Trinajstić information content (AvgIpc) is 4.13. The van der Waals surface area contributed by atoms with Crippen LogP contribution < -0.4 is 0 Å². The molecule has 0 radical (unpaired) electrons. The molecule has 4 saturated heterocycles. The monoisotopic (exact) mass is 959 g/mol. The smallest absolute Gasteiger partial charge is 0.312 e. The van der Waals surface area contributed by atoms with E-state index >= 15 is 0 Å². The third kappa shape index (κ3) is 11.0. The molecule has 16 nitrogen and oxygen atoms in total. The zero-order valence-electron chi connectivity index (χ0n) is 42.3. The van der Waals surface area contributed by atoms with Gasteiger partial charge in [0.2, 0.25) is 0 Å². The lowest BCUT2D eigenvalue weighted by Gasteiger charge is -2.36. The van der Waals surface area contributed by atoms with Gasteiger partial charge < -0.3 is 37.9 Å². The second-order valence-corrected chi connectivity index (χ2v) is 22.0. The Hall–Kier alpha value is -4.24. The number of esters is 8. The second-order valence-electron chi connectivity index (χ2n) is 22.0. The summed E-state index contributed by atoms with van der Waals surface area (Å²) in [6.07, 6.45) is 10.1.